The first kappa shape index (κ1) is 13.1. The number of aryl methyl sites for hydroxylation is 1. The van der Waals surface area contributed by atoms with Gasteiger partial charge in [0.25, 0.3) is 0 Å². The van der Waals surface area contributed by atoms with E-state index in [0.717, 1.165) is 22.2 Å². The third kappa shape index (κ3) is 3.10. The van der Waals surface area contributed by atoms with E-state index in [1.54, 1.807) is 12.1 Å². The molecule has 0 radical (unpaired) electrons. The molecule has 94 valence electrons. The minimum atomic E-state index is -0.243. The van der Waals surface area contributed by atoms with E-state index in [9.17, 15) is 4.39 Å². The van der Waals surface area contributed by atoms with Gasteiger partial charge in [0.05, 0.1) is 0 Å². The predicted molar refractivity (Wildman–Crippen MR) is 74.3 cm³/mol. The molecule has 2 rings (SSSR count). The monoisotopic (exact) mass is 308 g/mol. The molecule has 0 bridgehead atoms. The second kappa shape index (κ2) is 6.01. The summed E-state index contributed by atoms with van der Waals surface area (Å²) >= 11 is 3.33. The Morgan fingerprint density at radius 2 is 1.89 bits per heavy atom. The first-order valence-corrected chi connectivity index (χ1v) is 6.64. The van der Waals surface area contributed by atoms with Crippen molar-refractivity contribution >= 4 is 15.9 Å². The third-order valence-electron chi connectivity index (χ3n) is 2.74. The largest absolute Gasteiger partial charge is 0.489 e. The molecule has 0 aromatic heterocycles. The van der Waals surface area contributed by atoms with E-state index >= 15 is 0 Å². The summed E-state index contributed by atoms with van der Waals surface area (Å²) in [6.45, 7) is 2.31. The summed E-state index contributed by atoms with van der Waals surface area (Å²) in [6, 6.07) is 12.7. The summed E-state index contributed by atoms with van der Waals surface area (Å²) in [7, 11) is 0. The third-order valence-corrected chi connectivity index (χ3v) is 3.24. The lowest BCUT2D eigenvalue weighted by atomic mass is 10.1. The Morgan fingerprint density at radius 3 is 2.67 bits per heavy atom. The van der Waals surface area contributed by atoms with Crippen LogP contribution < -0.4 is 4.74 Å². The topological polar surface area (TPSA) is 9.23 Å². The van der Waals surface area contributed by atoms with Crippen molar-refractivity contribution in [1.82, 2.24) is 0 Å². The van der Waals surface area contributed by atoms with Crippen molar-refractivity contribution in [3.63, 3.8) is 0 Å². The molecule has 0 aliphatic heterocycles. The smallest absolute Gasteiger partial charge is 0.129 e. The Balaban J connectivity index is 2.14. The maximum Gasteiger partial charge on any atom is 0.129 e. The highest BCUT2D eigenvalue weighted by Crippen LogP contribution is 2.21. The van der Waals surface area contributed by atoms with Crippen LogP contribution in [0.1, 0.15) is 18.1 Å². The van der Waals surface area contributed by atoms with Gasteiger partial charge in [0.1, 0.15) is 18.2 Å². The second-order valence-corrected chi connectivity index (χ2v) is 4.90. The fourth-order valence-electron chi connectivity index (χ4n) is 1.75. The molecule has 0 amide bonds. The summed E-state index contributed by atoms with van der Waals surface area (Å²) in [5.41, 5.74) is 1.68. The zero-order valence-corrected chi connectivity index (χ0v) is 11.7. The number of para-hydroxylation sites is 1. The van der Waals surface area contributed by atoms with E-state index < -0.39 is 0 Å². The van der Waals surface area contributed by atoms with Gasteiger partial charge in [-0.05, 0) is 36.2 Å². The van der Waals surface area contributed by atoms with E-state index in [1.807, 2.05) is 24.3 Å². The molecule has 0 aliphatic rings. The quantitative estimate of drug-likeness (QED) is 0.793. The maximum absolute atomic E-state index is 13.6. The number of hydrogen-bond donors (Lipinski definition) is 0. The number of halogens is 2. The Bertz CT molecular complexity index is 540. The molecular formula is C15H14BrFO. The van der Waals surface area contributed by atoms with Crippen LogP contribution in [-0.2, 0) is 13.0 Å². The van der Waals surface area contributed by atoms with Crippen molar-refractivity contribution in [2.45, 2.75) is 20.0 Å². The molecule has 0 heterocycles. The minimum absolute atomic E-state index is 0.238. The molecule has 2 aromatic carbocycles. The van der Waals surface area contributed by atoms with Crippen molar-refractivity contribution in [3.05, 3.63) is 63.9 Å². The molecule has 3 heteroatoms. The van der Waals surface area contributed by atoms with Gasteiger partial charge in [-0.25, -0.2) is 4.39 Å². The van der Waals surface area contributed by atoms with Crippen LogP contribution in [0.15, 0.2) is 46.9 Å². The number of rotatable bonds is 4. The molecule has 0 N–H and O–H groups in total. The fourth-order valence-corrected chi connectivity index (χ4v) is 2.15. The number of benzene rings is 2. The van der Waals surface area contributed by atoms with Crippen LogP contribution in [0.2, 0.25) is 0 Å². The molecule has 0 saturated carbocycles. The minimum Gasteiger partial charge on any atom is -0.489 e. The van der Waals surface area contributed by atoms with Gasteiger partial charge in [0.2, 0.25) is 0 Å². The predicted octanol–water partition coefficient (Wildman–Crippen LogP) is 4.73. The highest BCUT2D eigenvalue weighted by molar-refractivity contribution is 9.10. The average molecular weight is 309 g/mol. The molecule has 0 saturated heterocycles. The SMILES string of the molecule is CCc1ccccc1OCc1cc(Br)ccc1F. The first-order valence-electron chi connectivity index (χ1n) is 5.85. The van der Waals surface area contributed by atoms with Gasteiger partial charge in [-0.1, -0.05) is 41.1 Å². The zero-order chi connectivity index (χ0) is 13.0. The van der Waals surface area contributed by atoms with Gasteiger partial charge in [-0.2, -0.15) is 0 Å². The Kier molecular flexibility index (Phi) is 4.37. The van der Waals surface area contributed by atoms with E-state index in [1.165, 1.54) is 6.07 Å². The first-order chi connectivity index (χ1) is 8.70. The van der Waals surface area contributed by atoms with Gasteiger partial charge < -0.3 is 4.74 Å². The van der Waals surface area contributed by atoms with Crippen LogP contribution in [0.4, 0.5) is 4.39 Å². The van der Waals surface area contributed by atoms with Gasteiger partial charge in [-0.3, -0.25) is 0 Å². The van der Waals surface area contributed by atoms with Crippen LogP contribution >= 0.6 is 15.9 Å². The highest BCUT2D eigenvalue weighted by atomic mass is 79.9. The van der Waals surface area contributed by atoms with E-state index in [4.69, 9.17) is 4.74 Å². The van der Waals surface area contributed by atoms with Gasteiger partial charge in [-0.15, -0.1) is 0 Å². The lowest BCUT2D eigenvalue weighted by Gasteiger charge is -2.11. The van der Waals surface area contributed by atoms with E-state index in [2.05, 4.69) is 22.9 Å². The Morgan fingerprint density at radius 1 is 1.11 bits per heavy atom. The lowest BCUT2D eigenvalue weighted by Crippen LogP contribution is -2.00. The average Bonchev–Trinajstić information content (AvgIpc) is 2.40. The van der Waals surface area contributed by atoms with Crippen LogP contribution in [0.25, 0.3) is 0 Å². The van der Waals surface area contributed by atoms with Crippen molar-refractivity contribution < 1.29 is 9.13 Å². The fraction of sp³-hybridized carbons (Fsp3) is 0.200. The summed E-state index contributed by atoms with van der Waals surface area (Å²) < 4.78 is 20.1. The van der Waals surface area contributed by atoms with Gasteiger partial charge in [0, 0.05) is 10.0 Å². The maximum atomic E-state index is 13.6. The molecular weight excluding hydrogens is 295 g/mol. The van der Waals surface area contributed by atoms with Crippen molar-refractivity contribution in [2.24, 2.45) is 0 Å². The van der Waals surface area contributed by atoms with Gasteiger partial charge >= 0.3 is 0 Å². The Hall–Kier alpha value is -1.35. The normalized spacial score (nSPS) is 10.4. The van der Waals surface area contributed by atoms with Crippen LogP contribution in [0.3, 0.4) is 0 Å². The highest BCUT2D eigenvalue weighted by Gasteiger charge is 2.05. The summed E-state index contributed by atoms with van der Waals surface area (Å²) in [4.78, 5) is 0. The van der Waals surface area contributed by atoms with E-state index in [0.29, 0.717) is 5.56 Å². The molecule has 0 fully saturated rings. The molecule has 0 unspecified atom stereocenters. The molecule has 0 spiro atoms. The number of ether oxygens (including phenoxy) is 1. The van der Waals surface area contributed by atoms with Crippen LogP contribution in [0.5, 0.6) is 5.75 Å². The van der Waals surface area contributed by atoms with Crippen molar-refractivity contribution in [3.8, 4) is 5.75 Å². The second-order valence-electron chi connectivity index (χ2n) is 3.99. The lowest BCUT2D eigenvalue weighted by molar-refractivity contribution is 0.297. The van der Waals surface area contributed by atoms with E-state index in [-0.39, 0.29) is 12.4 Å². The molecule has 2 aromatic rings. The van der Waals surface area contributed by atoms with Crippen LogP contribution in [0, 0.1) is 5.82 Å². The van der Waals surface area contributed by atoms with Crippen LogP contribution in [-0.4, -0.2) is 0 Å². The van der Waals surface area contributed by atoms with Gasteiger partial charge in [0.15, 0.2) is 0 Å². The number of hydrogen-bond acceptors (Lipinski definition) is 1. The molecule has 0 aliphatic carbocycles. The van der Waals surface area contributed by atoms with Crippen molar-refractivity contribution in [2.75, 3.05) is 0 Å². The molecule has 1 nitrogen and oxygen atoms in total. The summed E-state index contributed by atoms with van der Waals surface area (Å²) in [5, 5.41) is 0. The standard InChI is InChI=1S/C15H14BrFO/c1-2-11-5-3-4-6-15(11)18-10-12-9-13(16)7-8-14(12)17/h3-9H,2,10H2,1H3. The summed E-state index contributed by atoms with van der Waals surface area (Å²) in [5.74, 6) is 0.576. The molecule has 0 atom stereocenters. The summed E-state index contributed by atoms with van der Waals surface area (Å²) in [6.07, 6.45) is 0.900. The Labute approximate surface area is 115 Å². The molecule has 18 heavy (non-hydrogen) atoms. The van der Waals surface area contributed by atoms with Crippen molar-refractivity contribution in [1.29, 1.82) is 0 Å². The zero-order valence-electron chi connectivity index (χ0n) is 10.1.